The summed E-state index contributed by atoms with van der Waals surface area (Å²) in [5.74, 6) is -0.300. The number of carbonyl (C=O) groups excluding carboxylic acids is 1. The lowest BCUT2D eigenvalue weighted by molar-refractivity contribution is -0.121. The number of nitrogens with zero attached hydrogens (tertiary/aromatic N) is 1. The van der Waals surface area contributed by atoms with E-state index >= 15 is 0 Å². The Kier molecular flexibility index (Phi) is 3.81. The third-order valence-corrected chi connectivity index (χ3v) is 5.72. The predicted octanol–water partition coefficient (Wildman–Crippen LogP) is 4.89. The van der Waals surface area contributed by atoms with Gasteiger partial charge < -0.3 is 5.32 Å². The lowest BCUT2D eigenvalue weighted by Gasteiger charge is -2.27. The van der Waals surface area contributed by atoms with Crippen LogP contribution in [-0.4, -0.2) is 10.9 Å². The second kappa shape index (κ2) is 5.98. The van der Waals surface area contributed by atoms with Gasteiger partial charge in [0.1, 0.15) is 5.82 Å². The summed E-state index contributed by atoms with van der Waals surface area (Å²) in [7, 11) is 0. The van der Waals surface area contributed by atoms with Crippen LogP contribution < -0.4 is 5.32 Å². The van der Waals surface area contributed by atoms with Gasteiger partial charge in [0, 0.05) is 0 Å². The molecule has 1 aromatic heterocycles. The van der Waals surface area contributed by atoms with E-state index < -0.39 is 5.41 Å². The maximum atomic E-state index is 13.3. The van der Waals surface area contributed by atoms with Gasteiger partial charge in [0.2, 0.25) is 5.91 Å². The number of fused-ring (bicyclic) bond motifs is 1. The van der Waals surface area contributed by atoms with Crippen molar-refractivity contribution in [1.82, 2.24) is 4.98 Å². The number of hydrogen-bond acceptors (Lipinski definition) is 3. The zero-order chi connectivity index (χ0) is 16.6. The van der Waals surface area contributed by atoms with E-state index in [-0.39, 0.29) is 11.7 Å². The average molecular weight is 340 g/mol. The number of benzene rings is 2. The number of aromatic nitrogens is 1. The predicted molar refractivity (Wildman–Crippen MR) is 94.8 cm³/mol. The molecule has 1 aliphatic carbocycles. The van der Waals surface area contributed by atoms with E-state index in [1.165, 1.54) is 23.5 Å². The minimum absolute atomic E-state index is 0.00859. The zero-order valence-corrected chi connectivity index (χ0v) is 13.9. The van der Waals surface area contributed by atoms with Crippen LogP contribution in [0.4, 0.5) is 9.52 Å². The van der Waals surface area contributed by atoms with Gasteiger partial charge in [-0.05, 0) is 36.6 Å². The molecule has 24 heavy (non-hydrogen) atoms. The van der Waals surface area contributed by atoms with Gasteiger partial charge in [0.05, 0.1) is 15.6 Å². The van der Waals surface area contributed by atoms with Gasteiger partial charge in [-0.1, -0.05) is 54.5 Å². The number of anilines is 1. The van der Waals surface area contributed by atoms with Gasteiger partial charge in [-0.2, -0.15) is 0 Å². The Labute approximate surface area is 143 Å². The average Bonchev–Trinajstić information content (AvgIpc) is 3.22. The van der Waals surface area contributed by atoms with E-state index in [1.807, 2.05) is 30.3 Å². The van der Waals surface area contributed by atoms with Gasteiger partial charge in [-0.3, -0.25) is 4.79 Å². The Morgan fingerprint density at radius 1 is 1.12 bits per heavy atom. The van der Waals surface area contributed by atoms with Crippen LogP contribution in [-0.2, 0) is 10.2 Å². The smallest absolute Gasteiger partial charge is 0.236 e. The topological polar surface area (TPSA) is 42.0 Å². The third kappa shape index (κ3) is 2.59. The molecule has 3 aromatic rings. The summed E-state index contributed by atoms with van der Waals surface area (Å²) in [6, 6.07) is 14.4. The first-order chi connectivity index (χ1) is 11.7. The van der Waals surface area contributed by atoms with Crippen LogP contribution in [0, 0.1) is 5.82 Å². The standard InChI is InChI=1S/C19H17FN2OS/c20-14-8-9-15-16(12-14)24-18(21-15)22-17(23)19(10-4-5-11-19)13-6-2-1-3-7-13/h1-3,6-9,12H,4-5,10-11H2,(H,21,22,23). The molecule has 0 atom stereocenters. The molecule has 0 unspecified atom stereocenters. The van der Waals surface area contributed by atoms with E-state index in [9.17, 15) is 9.18 Å². The Hall–Kier alpha value is -2.27. The second-order valence-corrected chi connectivity index (χ2v) is 7.27. The maximum Gasteiger partial charge on any atom is 0.236 e. The molecule has 2 aromatic carbocycles. The normalized spacial score (nSPS) is 16.4. The molecule has 1 fully saturated rings. The molecule has 1 aliphatic rings. The Morgan fingerprint density at radius 2 is 1.88 bits per heavy atom. The van der Waals surface area contributed by atoms with Gasteiger partial charge in [-0.25, -0.2) is 9.37 Å². The molecule has 0 bridgehead atoms. The van der Waals surface area contributed by atoms with E-state index in [2.05, 4.69) is 10.3 Å². The first kappa shape index (κ1) is 15.3. The highest BCUT2D eigenvalue weighted by atomic mass is 32.1. The van der Waals surface area contributed by atoms with Gasteiger partial charge in [0.15, 0.2) is 5.13 Å². The molecule has 122 valence electrons. The molecule has 0 saturated heterocycles. The van der Waals surface area contributed by atoms with Crippen molar-refractivity contribution in [3.05, 3.63) is 59.9 Å². The third-order valence-electron chi connectivity index (χ3n) is 4.79. The van der Waals surface area contributed by atoms with Crippen molar-refractivity contribution < 1.29 is 9.18 Å². The number of thiazole rings is 1. The van der Waals surface area contributed by atoms with E-state index in [1.54, 1.807) is 6.07 Å². The quantitative estimate of drug-likeness (QED) is 0.738. The summed E-state index contributed by atoms with van der Waals surface area (Å²) in [5.41, 5.74) is 1.29. The zero-order valence-electron chi connectivity index (χ0n) is 13.1. The number of rotatable bonds is 3. The molecule has 5 heteroatoms. The number of halogens is 1. The fourth-order valence-electron chi connectivity index (χ4n) is 3.55. The van der Waals surface area contributed by atoms with Crippen molar-refractivity contribution in [2.24, 2.45) is 0 Å². The highest BCUT2D eigenvalue weighted by Gasteiger charge is 2.42. The summed E-state index contributed by atoms with van der Waals surface area (Å²) < 4.78 is 14.1. The van der Waals surface area contributed by atoms with Crippen LogP contribution >= 0.6 is 11.3 Å². The lowest BCUT2D eigenvalue weighted by Crippen LogP contribution is -2.37. The monoisotopic (exact) mass is 340 g/mol. The van der Waals surface area contributed by atoms with Crippen molar-refractivity contribution in [2.75, 3.05) is 5.32 Å². The molecule has 1 heterocycles. The first-order valence-electron chi connectivity index (χ1n) is 8.10. The summed E-state index contributed by atoms with van der Waals surface area (Å²) in [4.78, 5) is 17.5. The largest absolute Gasteiger partial charge is 0.301 e. The molecular weight excluding hydrogens is 323 g/mol. The van der Waals surface area contributed by atoms with Crippen LogP contribution in [0.2, 0.25) is 0 Å². The summed E-state index contributed by atoms with van der Waals surface area (Å²) in [6.07, 6.45) is 3.80. The van der Waals surface area contributed by atoms with Gasteiger partial charge in [0.25, 0.3) is 0 Å². The Balaban J connectivity index is 1.65. The van der Waals surface area contributed by atoms with Crippen LogP contribution in [0.25, 0.3) is 10.2 Å². The first-order valence-corrected chi connectivity index (χ1v) is 8.92. The highest BCUT2D eigenvalue weighted by molar-refractivity contribution is 7.22. The minimum Gasteiger partial charge on any atom is -0.301 e. The highest BCUT2D eigenvalue weighted by Crippen LogP contribution is 2.42. The molecule has 0 aliphatic heterocycles. The summed E-state index contributed by atoms with van der Waals surface area (Å²) in [6.45, 7) is 0. The molecule has 0 spiro atoms. The molecule has 1 N–H and O–H groups in total. The van der Waals surface area contributed by atoms with Crippen molar-refractivity contribution in [3.8, 4) is 0 Å². The fourth-order valence-corrected chi connectivity index (χ4v) is 4.44. The van der Waals surface area contributed by atoms with Gasteiger partial charge >= 0.3 is 0 Å². The summed E-state index contributed by atoms with van der Waals surface area (Å²) >= 11 is 1.31. The molecule has 3 nitrogen and oxygen atoms in total. The molecule has 1 amide bonds. The van der Waals surface area contributed by atoms with Crippen molar-refractivity contribution in [2.45, 2.75) is 31.1 Å². The fraction of sp³-hybridized carbons (Fsp3) is 0.263. The Morgan fingerprint density at radius 3 is 2.62 bits per heavy atom. The molecule has 4 rings (SSSR count). The molecular formula is C19H17FN2OS. The lowest BCUT2D eigenvalue weighted by atomic mass is 9.78. The SMILES string of the molecule is O=C(Nc1nc2ccc(F)cc2s1)C1(c2ccccc2)CCCC1. The van der Waals surface area contributed by atoms with E-state index in [4.69, 9.17) is 0 Å². The Bertz CT molecular complexity index is 885. The van der Waals surface area contributed by atoms with Gasteiger partial charge in [-0.15, -0.1) is 0 Å². The maximum absolute atomic E-state index is 13.3. The van der Waals surface area contributed by atoms with E-state index in [0.29, 0.717) is 10.6 Å². The summed E-state index contributed by atoms with van der Waals surface area (Å²) in [5, 5.41) is 3.51. The van der Waals surface area contributed by atoms with Crippen molar-refractivity contribution >= 4 is 32.6 Å². The molecule has 1 saturated carbocycles. The van der Waals surface area contributed by atoms with Crippen LogP contribution in [0.5, 0.6) is 0 Å². The van der Waals surface area contributed by atoms with E-state index in [0.717, 1.165) is 35.9 Å². The number of hydrogen-bond donors (Lipinski definition) is 1. The van der Waals surface area contributed by atoms with Crippen LogP contribution in [0.15, 0.2) is 48.5 Å². The number of nitrogens with one attached hydrogen (secondary N) is 1. The minimum atomic E-state index is -0.482. The number of amides is 1. The van der Waals surface area contributed by atoms with Crippen molar-refractivity contribution in [1.29, 1.82) is 0 Å². The second-order valence-electron chi connectivity index (χ2n) is 6.24. The molecule has 0 radical (unpaired) electrons. The van der Waals surface area contributed by atoms with Crippen LogP contribution in [0.3, 0.4) is 0 Å². The van der Waals surface area contributed by atoms with Crippen molar-refractivity contribution in [3.63, 3.8) is 0 Å². The van der Waals surface area contributed by atoms with Crippen LogP contribution in [0.1, 0.15) is 31.2 Å². The number of carbonyl (C=O) groups is 1.